The summed E-state index contributed by atoms with van der Waals surface area (Å²) in [4.78, 5) is 12.1. The van der Waals surface area contributed by atoms with Gasteiger partial charge in [0.05, 0.1) is 12.7 Å². The van der Waals surface area contributed by atoms with Gasteiger partial charge in [-0.25, -0.2) is 0 Å². The first-order valence-corrected chi connectivity index (χ1v) is 9.96. The Hall–Kier alpha value is -3.07. The van der Waals surface area contributed by atoms with Crippen molar-refractivity contribution in [2.75, 3.05) is 7.11 Å². The molecule has 0 atom stereocenters. The van der Waals surface area contributed by atoms with E-state index in [1.807, 2.05) is 24.3 Å². The van der Waals surface area contributed by atoms with Crippen LogP contribution in [-0.2, 0) is 10.2 Å². The molecule has 3 aromatic rings. The van der Waals surface area contributed by atoms with Gasteiger partial charge >= 0.3 is 0 Å². The van der Waals surface area contributed by atoms with E-state index >= 15 is 0 Å². The summed E-state index contributed by atoms with van der Waals surface area (Å²) >= 11 is 0. The molecule has 3 aromatic carbocycles. The van der Waals surface area contributed by atoms with Crippen molar-refractivity contribution in [2.24, 2.45) is 0 Å². The van der Waals surface area contributed by atoms with E-state index in [2.05, 4.69) is 51.1 Å². The van der Waals surface area contributed by atoms with Gasteiger partial charge in [-0.3, -0.25) is 4.79 Å². The third kappa shape index (κ3) is 3.53. The summed E-state index contributed by atoms with van der Waals surface area (Å²) in [5, 5.41) is 12.2. The van der Waals surface area contributed by atoms with Gasteiger partial charge in [0.25, 0.3) is 0 Å². The van der Waals surface area contributed by atoms with E-state index < -0.39 is 0 Å². The maximum atomic E-state index is 12.1. The minimum absolute atomic E-state index is 0.0172. The molecule has 0 saturated carbocycles. The number of carbonyl (C=O) groups excluding carboxylic acids is 1. The van der Waals surface area contributed by atoms with Crippen LogP contribution in [-0.4, -0.2) is 18.0 Å². The van der Waals surface area contributed by atoms with E-state index in [9.17, 15) is 9.90 Å². The number of carbonyl (C=O) groups is 1. The molecule has 3 nitrogen and oxygen atoms in total. The number of methoxy groups -OCH3 is 1. The Morgan fingerprint density at radius 1 is 0.828 bits per heavy atom. The van der Waals surface area contributed by atoms with Crippen LogP contribution in [0.2, 0.25) is 0 Å². The summed E-state index contributed by atoms with van der Waals surface area (Å²) in [5.74, 6) is 1.13. The van der Waals surface area contributed by atoms with Crippen LogP contribution in [0.3, 0.4) is 0 Å². The number of ketones is 1. The van der Waals surface area contributed by atoms with Crippen molar-refractivity contribution in [1.29, 1.82) is 0 Å². The number of Topliss-reactive ketones (excluding diaryl/α,β-unsaturated/α-hetero) is 1. The summed E-state index contributed by atoms with van der Waals surface area (Å²) in [6.07, 6.45) is 0.838. The highest BCUT2D eigenvalue weighted by Gasteiger charge is 2.24. The van der Waals surface area contributed by atoms with E-state index in [0.29, 0.717) is 18.4 Å². The molecule has 0 radical (unpaired) electrons. The molecule has 29 heavy (non-hydrogen) atoms. The minimum atomic E-state index is -0.0172. The number of benzene rings is 3. The smallest absolute Gasteiger partial charge is 0.167 e. The fourth-order valence-corrected chi connectivity index (χ4v) is 4.02. The lowest BCUT2D eigenvalue weighted by Gasteiger charge is -2.23. The number of ether oxygens (including phenoxy) is 1. The van der Waals surface area contributed by atoms with Gasteiger partial charge in [-0.15, -0.1) is 0 Å². The highest BCUT2D eigenvalue weighted by molar-refractivity contribution is 6.23. The molecule has 1 N–H and O–H groups in total. The Balaban J connectivity index is 1.76. The lowest BCUT2D eigenvalue weighted by atomic mass is 9.84. The van der Waals surface area contributed by atoms with Crippen LogP contribution in [0.15, 0.2) is 60.4 Å². The van der Waals surface area contributed by atoms with Crippen molar-refractivity contribution in [3.63, 3.8) is 0 Å². The number of aliphatic hydroxyl groups is 1. The Bertz CT molecular complexity index is 1150. The highest BCUT2D eigenvalue weighted by Crippen LogP contribution is 2.36. The van der Waals surface area contributed by atoms with Crippen LogP contribution in [0.25, 0.3) is 27.5 Å². The van der Waals surface area contributed by atoms with Crippen LogP contribution in [0.4, 0.5) is 0 Å². The number of fused-ring (bicyclic) bond motifs is 1. The maximum absolute atomic E-state index is 12.1. The second-order valence-electron chi connectivity index (χ2n) is 8.69. The zero-order valence-electron chi connectivity index (χ0n) is 17.4. The van der Waals surface area contributed by atoms with E-state index in [0.717, 1.165) is 33.2 Å². The van der Waals surface area contributed by atoms with Crippen LogP contribution >= 0.6 is 0 Å². The number of rotatable bonds is 3. The predicted octanol–water partition coefficient (Wildman–Crippen LogP) is 6.44. The quantitative estimate of drug-likeness (QED) is 0.563. The first kappa shape index (κ1) is 19.3. The summed E-state index contributed by atoms with van der Waals surface area (Å²) in [7, 11) is 1.71. The molecular formula is C26H26O3. The first-order chi connectivity index (χ1) is 13.8. The van der Waals surface area contributed by atoms with Crippen molar-refractivity contribution in [3.8, 4) is 16.9 Å². The van der Waals surface area contributed by atoms with Crippen molar-refractivity contribution < 1.29 is 14.6 Å². The van der Waals surface area contributed by atoms with Gasteiger partial charge < -0.3 is 9.84 Å². The van der Waals surface area contributed by atoms with E-state index in [-0.39, 0.29) is 17.0 Å². The van der Waals surface area contributed by atoms with Gasteiger partial charge in [0.1, 0.15) is 11.5 Å². The van der Waals surface area contributed by atoms with Gasteiger partial charge in [-0.2, -0.15) is 0 Å². The summed E-state index contributed by atoms with van der Waals surface area (Å²) in [6, 6.07) is 18.6. The third-order valence-electron chi connectivity index (χ3n) is 5.63. The Labute approximate surface area is 171 Å². The average Bonchev–Trinajstić information content (AvgIpc) is 3.04. The molecule has 0 amide bonds. The number of hydrogen-bond acceptors (Lipinski definition) is 3. The Kier molecular flexibility index (Phi) is 4.70. The average molecular weight is 386 g/mol. The van der Waals surface area contributed by atoms with Crippen LogP contribution in [0.1, 0.15) is 44.7 Å². The molecule has 1 aliphatic rings. The summed E-state index contributed by atoms with van der Waals surface area (Å²) in [5.41, 5.74) is 4.71. The fraction of sp³-hybridized carbons (Fsp3) is 0.269. The van der Waals surface area contributed by atoms with Gasteiger partial charge in [-0.05, 0) is 57.1 Å². The molecule has 0 aliphatic heterocycles. The SMILES string of the molecule is COc1ccc(-c2ccc3cc(C4=C(O)CCC4=O)ccc3c2)cc1C(C)(C)C. The zero-order chi connectivity index (χ0) is 20.8. The second-order valence-corrected chi connectivity index (χ2v) is 8.69. The molecule has 0 spiro atoms. The largest absolute Gasteiger partial charge is 0.512 e. The topological polar surface area (TPSA) is 46.5 Å². The monoisotopic (exact) mass is 386 g/mol. The number of hydrogen-bond donors (Lipinski definition) is 1. The van der Waals surface area contributed by atoms with Gasteiger partial charge in [0.15, 0.2) is 5.78 Å². The molecule has 3 heteroatoms. The van der Waals surface area contributed by atoms with Crippen LogP contribution in [0.5, 0.6) is 5.75 Å². The molecule has 0 unspecified atom stereocenters. The Morgan fingerprint density at radius 3 is 2.00 bits per heavy atom. The fourth-order valence-electron chi connectivity index (χ4n) is 4.02. The van der Waals surface area contributed by atoms with Crippen molar-refractivity contribution >= 4 is 22.1 Å². The molecule has 148 valence electrons. The third-order valence-corrected chi connectivity index (χ3v) is 5.63. The number of aliphatic hydroxyl groups excluding tert-OH is 1. The minimum Gasteiger partial charge on any atom is -0.512 e. The predicted molar refractivity (Wildman–Crippen MR) is 118 cm³/mol. The molecule has 0 aromatic heterocycles. The molecule has 4 rings (SSSR count). The lowest BCUT2D eigenvalue weighted by molar-refractivity contribution is -0.113. The van der Waals surface area contributed by atoms with E-state index in [1.165, 1.54) is 5.56 Å². The molecular weight excluding hydrogens is 360 g/mol. The summed E-state index contributed by atoms with van der Waals surface area (Å²) in [6.45, 7) is 6.56. The second kappa shape index (κ2) is 7.07. The van der Waals surface area contributed by atoms with Crippen LogP contribution in [0, 0.1) is 0 Å². The molecule has 0 fully saturated rings. The van der Waals surface area contributed by atoms with Gasteiger partial charge in [0.2, 0.25) is 0 Å². The van der Waals surface area contributed by atoms with Gasteiger partial charge in [0, 0.05) is 18.4 Å². The van der Waals surface area contributed by atoms with E-state index in [1.54, 1.807) is 7.11 Å². The summed E-state index contributed by atoms with van der Waals surface area (Å²) < 4.78 is 5.56. The molecule has 0 bridgehead atoms. The van der Waals surface area contributed by atoms with Crippen molar-refractivity contribution in [2.45, 2.75) is 39.0 Å². The van der Waals surface area contributed by atoms with Crippen molar-refractivity contribution in [3.05, 3.63) is 71.5 Å². The molecule has 1 aliphatic carbocycles. The molecule has 0 saturated heterocycles. The number of allylic oxidation sites excluding steroid dienone is 2. The molecule has 0 heterocycles. The standard InChI is InChI=1S/C26H26O3/c1-26(2,3)21-15-19(9-12-24(21)29-4)17-5-6-18-14-20(8-7-16(18)13-17)25-22(27)10-11-23(25)28/h5-9,12-15,27H,10-11H2,1-4H3. The maximum Gasteiger partial charge on any atom is 0.167 e. The van der Waals surface area contributed by atoms with E-state index in [4.69, 9.17) is 4.74 Å². The van der Waals surface area contributed by atoms with Crippen molar-refractivity contribution in [1.82, 2.24) is 0 Å². The van der Waals surface area contributed by atoms with Gasteiger partial charge in [-0.1, -0.05) is 51.1 Å². The zero-order valence-corrected chi connectivity index (χ0v) is 17.4. The lowest BCUT2D eigenvalue weighted by Crippen LogP contribution is -2.12. The Morgan fingerprint density at radius 2 is 1.41 bits per heavy atom. The first-order valence-electron chi connectivity index (χ1n) is 9.96. The normalized spacial score (nSPS) is 14.7. The van der Waals surface area contributed by atoms with Crippen LogP contribution < -0.4 is 4.74 Å². The highest BCUT2D eigenvalue weighted by atomic mass is 16.5.